The molecule has 0 aliphatic carbocycles. The lowest BCUT2D eigenvalue weighted by atomic mass is 10.1. The molecule has 0 atom stereocenters. The third-order valence-corrected chi connectivity index (χ3v) is 2.20. The number of aromatic amines is 1. The van der Waals surface area contributed by atoms with E-state index in [4.69, 9.17) is 4.74 Å². The number of hydrogen-bond acceptors (Lipinski definition) is 2. The normalized spacial score (nSPS) is 11.7. The van der Waals surface area contributed by atoms with Crippen molar-refractivity contribution in [3.8, 4) is 0 Å². The van der Waals surface area contributed by atoms with Gasteiger partial charge in [0.15, 0.2) is 0 Å². The maximum absolute atomic E-state index is 11.8. The zero-order valence-corrected chi connectivity index (χ0v) is 9.70. The molecule has 2 rings (SSSR count). The maximum Gasteiger partial charge on any atom is 0.338 e. The molecule has 0 aliphatic rings. The molecule has 16 heavy (non-hydrogen) atoms. The summed E-state index contributed by atoms with van der Waals surface area (Å²) in [5.41, 5.74) is 0.131. The first-order chi connectivity index (χ1) is 7.46. The third kappa shape index (κ3) is 2.24. The van der Waals surface area contributed by atoms with Crippen LogP contribution in [0.2, 0.25) is 0 Å². The summed E-state index contributed by atoms with van der Waals surface area (Å²) in [6, 6.07) is 5.52. The molecule has 84 valence electrons. The molecule has 0 spiro atoms. The molecule has 1 aromatic carbocycles. The molecule has 2 aromatic rings. The van der Waals surface area contributed by atoms with E-state index >= 15 is 0 Å². The van der Waals surface area contributed by atoms with Crippen molar-refractivity contribution in [2.45, 2.75) is 26.4 Å². The molecule has 0 amide bonds. The van der Waals surface area contributed by atoms with Crippen molar-refractivity contribution in [2.24, 2.45) is 0 Å². The monoisotopic (exact) mass is 217 g/mol. The summed E-state index contributed by atoms with van der Waals surface area (Å²) in [6.07, 6.45) is 3.76. The van der Waals surface area contributed by atoms with Crippen LogP contribution in [0, 0.1) is 0 Å². The minimum Gasteiger partial charge on any atom is -0.456 e. The lowest BCUT2D eigenvalue weighted by Gasteiger charge is -2.19. The van der Waals surface area contributed by atoms with Gasteiger partial charge in [0.05, 0.1) is 5.56 Å². The lowest BCUT2D eigenvalue weighted by molar-refractivity contribution is 0.00697. The summed E-state index contributed by atoms with van der Waals surface area (Å²) < 4.78 is 5.30. The Bertz CT molecular complexity index is 520. The van der Waals surface area contributed by atoms with Crippen LogP contribution >= 0.6 is 0 Å². The van der Waals surface area contributed by atoms with Crippen LogP contribution in [0.1, 0.15) is 31.1 Å². The highest BCUT2D eigenvalue weighted by atomic mass is 16.6. The highest BCUT2D eigenvalue weighted by Crippen LogP contribution is 2.18. The van der Waals surface area contributed by atoms with E-state index < -0.39 is 5.60 Å². The number of esters is 1. The fourth-order valence-electron chi connectivity index (χ4n) is 1.52. The first-order valence-corrected chi connectivity index (χ1v) is 5.26. The minimum absolute atomic E-state index is 0.282. The Kier molecular flexibility index (Phi) is 2.46. The predicted octanol–water partition coefficient (Wildman–Crippen LogP) is 3.12. The summed E-state index contributed by atoms with van der Waals surface area (Å²) in [7, 11) is 0. The van der Waals surface area contributed by atoms with E-state index in [0.29, 0.717) is 5.56 Å². The van der Waals surface area contributed by atoms with E-state index in [1.807, 2.05) is 45.3 Å². The van der Waals surface area contributed by atoms with Gasteiger partial charge in [0.1, 0.15) is 5.60 Å². The Morgan fingerprint density at radius 2 is 1.88 bits per heavy atom. The van der Waals surface area contributed by atoms with E-state index in [9.17, 15) is 4.79 Å². The second kappa shape index (κ2) is 3.67. The van der Waals surface area contributed by atoms with Crippen LogP contribution in [-0.4, -0.2) is 16.6 Å². The van der Waals surface area contributed by atoms with E-state index in [1.165, 1.54) is 0 Å². The molecule has 0 saturated carbocycles. The summed E-state index contributed by atoms with van der Waals surface area (Å²) in [4.78, 5) is 14.8. The van der Waals surface area contributed by atoms with Gasteiger partial charge in [-0.05, 0) is 43.7 Å². The van der Waals surface area contributed by atoms with E-state index in [1.54, 1.807) is 6.07 Å². The molecule has 1 aromatic heterocycles. The fourth-order valence-corrected chi connectivity index (χ4v) is 1.52. The number of hydrogen-bond donors (Lipinski definition) is 1. The summed E-state index contributed by atoms with van der Waals surface area (Å²) in [6.45, 7) is 5.58. The largest absolute Gasteiger partial charge is 0.456 e. The molecule has 0 unspecified atom stereocenters. The van der Waals surface area contributed by atoms with E-state index in [0.717, 1.165) is 10.8 Å². The van der Waals surface area contributed by atoms with Gasteiger partial charge in [0, 0.05) is 12.4 Å². The fraction of sp³-hybridized carbons (Fsp3) is 0.308. The van der Waals surface area contributed by atoms with Gasteiger partial charge < -0.3 is 9.72 Å². The summed E-state index contributed by atoms with van der Waals surface area (Å²) >= 11 is 0. The number of ether oxygens (including phenoxy) is 1. The predicted molar refractivity (Wildman–Crippen MR) is 63.5 cm³/mol. The van der Waals surface area contributed by atoms with Gasteiger partial charge in [-0.3, -0.25) is 0 Å². The van der Waals surface area contributed by atoms with Gasteiger partial charge in [0.2, 0.25) is 0 Å². The van der Waals surface area contributed by atoms with Gasteiger partial charge in [0.25, 0.3) is 0 Å². The number of rotatable bonds is 1. The van der Waals surface area contributed by atoms with Crippen LogP contribution in [0.3, 0.4) is 0 Å². The molecular weight excluding hydrogens is 202 g/mol. The zero-order chi connectivity index (χ0) is 11.8. The van der Waals surface area contributed by atoms with Crippen LogP contribution in [-0.2, 0) is 4.74 Å². The zero-order valence-electron chi connectivity index (χ0n) is 9.70. The number of H-pyrrole nitrogens is 1. The molecule has 0 aliphatic heterocycles. The highest BCUT2D eigenvalue weighted by molar-refractivity contribution is 5.95. The van der Waals surface area contributed by atoms with Crippen molar-refractivity contribution < 1.29 is 9.53 Å². The van der Waals surface area contributed by atoms with Gasteiger partial charge in [-0.2, -0.15) is 0 Å². The topological polar surface area (TPSA) is 42.1 Å². The van der Waals surface area contributed by atoms with Gasteiger partial charge in [-0.1, -0.05) is 6.07 Å². The molecule has 3 heteroatoms. The Morgan fingerprint density at radius 1 is 1.19 bits per heavy atom. The Morgan fingerprint density at radius 3 is 2.56 bits per heavy atom. The molecule has 3 nitrogen and oxygen atoms in total. The summed E-state index contributed by atoms with van der Waals surface area (Å²) in [5, 5.41) is 2.11. The average Bonchev–Trinajstić information content (AvgIpc) is 2.61. The van der Waals surface area contributed by atoms with Crippen molar-refractivity contribution in [3.63, 3.8) is 0 Å². The second-order valence-corrected chi connectivity index (χ2v) is 4.80. The van der Waals surface area contributed by atoms with Crippen molar-refractivity contribution in [1.29, 1.82) is 0 Å². The number of fused-ring (bicyclic) bond motifs is 1. The van der Waals surface area contributed by atoms with Crippen LogP contribution in [0.25, 0.3) is 10.8 Å². The SMILES string of the molecule is CC(C)(C)OC(=O)c1ccc2c[nH]cc2c1. The van der Waals surface area contributed by atoms with Crippen molar-refractivity contribution in [2.75, 3.05) is 0 Å². The Hall–Kier alpha value is -1.77. The van der Waals surface area contributed by atoms with Crippen molar-refractivity contribution in [1.82, 2.24) is 4.98 Å². The Labute approximate surface area is 94.4 Å². The van der Waals surface area contributed by atoms with Gasteiger partial charge in [-0.15, -0.1) is 0 Å². The third-order valence-electron chi connectivity index (χ3n) is 2.20. The van der Waals surface area contributed by atoms with Crippen LogP contribution in [0.5, 0.6) is 0 Å². The quantitative estimate of drug-likeness (QED) is 0.746. The van der Waals surface area contributed by atoms with Crippen molar-refractivity contribution in [3.05, 3.63) is 36.2 Å². The molecule has 0 saturated heterocycles. The molecule has 1 N–H and O–H groups in total. The number of benzene rings is 1. The van der Waals surface area contributed by atoms with E-state index in [-0.39, 0.29) is 5.97 Å². The molecule has 0 bridgehead atoms. The maximum atomic E-state index is 11.8. The van der Waals surface area contributed by atoms with Gasteiger partial charge >= 0.3 is 5.97 Å². The minimum atomic E-state index is -0.454. The number of aromatic nitrogens is 1. The Balaban J connectivity index is 2.29. The second-order valence-electron chi connectivity index (χ2n) is 4.80. The van der Waals surface area contributed by atoms with Crippen LogP contribution < -0.4 is 0 Å². The molecule has 0 fully saturated rings. The number of carbonyl (C=O) groups is 1. The summed E-state index contributed by atoms with van der Waals surface area (Å²) in [5.74, 6) is -0.282. The van der Waals surface area contributed by atoms with Crippen molar-refractivity contribution >= 4 is 16.7 Å². The smallest absolute Gasteiger partial charge is 0.338 e. The molecular formula is C13H15NO2. The van der Waals surface area contributed by atoms with Crippen LogP contribution in [0.15, 0.2) is 30.6 Å². The van der Waals surface area contributed by atoms with Crippen LogP contribution in [0.4, 0.5) is 0 Å². The highest BCUT2D eigenvalue weighted by Gasteiger charge is 2.17. The first kappa shape index (κ1) is 10.7. The molecule has 0 radical (unpaired) electrons. The number of nitrogens with one attached hydrogen (secondary N) is 1. The first-order valence-electron chi connectivity index (χ1n) is 5.26. The van der Waals surface area contributed by atoms with E-state index in [2.05, 4.69) is 4.98 Å². The average molecular weight is 217 g/mol. The van der Waals surface area contributed by atoms with Gasteiger partial charge in [-0.25, -0.2) is 4.79 Å². The molecule has 1 heterocycles. The lowest BCUT2D eigenvalue weighted by Crippen LogP contribution is -2.23. The number of carbonyl (C=O) groups excluding carboxylic acids is 1. The standard InChI is InChI=1S/C13H15NO2/c1-13(2,3)16-12(15)9-4-5-10-7-14-8-11(10)6-9/h4-8,14H,1-3H3.